The number of hydrogen-bond acceptors (Lipinski definition) is 6. The van der Waals surface area contributed by atoms with Crippen LogP contribution in [0.2, 0.25) is 5.28 Å². The maximum atomic E-state index is 6.23. The Morgan fingerprint density at radius 2 is 1.74 bits per heavy atom. The van der Waals surface area contributed by atoms with Gasteiger partial charge in [0.15, 0.2) is 0 Å². The molecular formula is C20H24ClN3O2S. The SMILES string of the molecule is COCCN(CCOC)c1nc(Cl)nc2scc(-c3ccc(C)c(C)c3)c12. The number of rotatable bonds is 8. The third kappa shape index (κ3) is 4.41. The van der Waals surface area contributed by atoms with Gasteiger partial charge in [0.05, 0.1) is 18.6 Å². The highest BCUT2D eigenvalue weighted by Crippen LogP contribution is 2.39. The van der Waals surface area contributed by atoms with Crippen molar-refractivity contribution in [3.63, 3.8) is 0 Å². The minimum Gasteiger partial charge on any atom is -0.383 e. The van der Waals surface area contributed by atoms with Gasteiger partial charge in [-0.2, -0.15) is 4.98 Å². The van der Waals surface area contributed by atoms with Gasteiger partial charge in [0.2, 0.25) is 5.28 Å². The van der Waals surface area contributed by atoms with Gasteiger partial charge in [-0.05, 0) is 42.1 Å². The van der Waals surface area contributed by atoms with Crippen LogP contribution >= 0.6 is 22.9 Å². The lowest BCUT2D eigenvalue weighted by atomic mass is 10.0. The predicted molar refractivity (Wildman–Crippen MR) is 113 cm³/mol. The first kappa shape index (κ1) is 20.0. The summed E-state index contributed by atoms with van der Waals surface area (Å²) < 4.78 is 10.6. The lowest BCUT2D eigenvalue weighted by molar-refractivity contribution is 0.190. The predicted octanol–water partition coefficient (Wildman–Crippen LogP) is 4.73. The van der Waals surface area contributed by atoms with E-state index in [4.69, 9.17) is 21.1 Å². The van der Waals surface area contributed by atoms with Crippen LogP contribution in [0.3, 0.4) is 0 Å². The van der Waals surface area contributed by atoms with E-state index in [1.807, 2.05) is 0 Å². The quantitative estimate of drug-likeness (QED) is 0.507. The molecule has 0 spiro atoms. The molecule has 7 heteroatoms. The second-order valence-electron chi connectivity index (χ2n) is 6.42. The first-order valence-corrected chi connectivity index (χ1v) is 10.1. The molecule has 3 rings (SSSR count). The van der Waals surface area contributed by atoms with Crippen molar-refractivity contribution < 1.29 is 9.47 Å². The first-order valence-electron chi connectivity index (χ1n) is 8.80. The normalized spacial score (nSPS) is 11.3. The van der Waals surface area contributed by atoms with Crippen molar-refractivity contribution >= 4 is 39.0 Å². The number of aryl methyl sites for hydroxylation is 2. The van der Waals surface area contributed by atoms with Crippen molar-refractivity contribution in [1.29, 1.82) is 0 Å². The Labute approximate surface area is 168 Å². The van der Waals surface area contributed by atoms with Crippen LogP contribution in [0.4, 0.5) is 5.82 Å². The summed E-state index contributed by atoms with van der Waals surface area (Å²) in [5, 5.41) is 3.42. The molecule has 5 nitrogen and oxygen atoms in total. The van der Waals surface area contributed by atoms with E-state index in [-0.39, 0.29) is 5.28 Å². The summed E-state index contributed by atoms with van der Waals surface area (Å²) in [7, 11) is 3.39. The van der Waals surface area contributed by atoms with E-state index in [1.54, 1.807) is 25.6 Å². The molecule has 2 aromatic heterocycles. The Hall–Kier alpha value is -1.73. The molecule has 0 atom stereocenters. The average Bonchev–Trinajstić information content (AvgIpc) is 3.07. The maximum absolute atomic E-state index is 6.23. The molecule has 0 saturated carbocycles. The molecule has 0 aliphatic heterocycles. The highest BCUT2D eigenvalue weighted by molar-refractivity contribution is 7.17. The molecule has 0 aliphatic rings. The van der Waals surface area contributed by atoms with E-state index in [9.17, 15) is 0 Å². The molecular weight excluding hydrogens is 382 g/mol. The summed E-state index contributed by atoms with van der Waals surface area (Å²) in [6.45, 7) is 6.84. The van der Waals surface area contributed by atoms with E-state index < -0.39 is 0 Å². The van der Waals surface area contributed by atoms with Crippen LogP contribution in [0.25, 0.3) is 21.3 Å². The fourth-order valence-corrected chi connectivity index (χ4v) is 4.13. The molecule has 0 amide bonds. The fourth-order valence-electron chi connectivity index (χ4n) is 2.97. The molecule has 0 aliphatic carbocycles. The summed E-state index contributed by atoms with van der Waals surface area (Å²) in [5.41, 5.74) is 4.83. The van der Waals surface area contributed by atoms with Gasteiger partial charge in [0, 0.05) is 38.3 Å². The number of anilines is 1. The van der Waals surface area contributed by atoms with Crippen molar-refractivity contribution in [1.82, 2.24) is 9.97 Å². The van der Waals surface area contributed by atoms with Gasteiger partial charge in [-0.3, -0.25) is 0 Å². The van der Waals surface area contributed by atoms with Gasteiger partial charge in [-0.15, -0.1) is 11.3 Å². The summed E-state index contributed by atoms with van der Waals surface area (Å²) in [5.74, 6) is 0.827. The van der Waals surface area contributed by atoms with E-state index in [0.717, 1.165) is 27.2 Å². The third-order valence-electron chi connectivity index (χ3n) is 4.64. The van der Waals surface area contributed by atoms with Crippen LogP contribution in [0.15, 0.2) is 23.6 Å². The second kappa shape index (κ2) is 8.97. The zero-order valence-electron chi connectivity index (χ0n) is 16.1. The average molecular weight is 406 g/mol. The second-order valence-corrected chi connectivity index (χ2v) is 7.61. The van der Waals surface area contributed by atoms with Crippen LogP contribution in [0.5, 0.6) is 0 Å². The topological polar surface area (TPSA) is 47.5 Å². The van der Waals surface area contributed by atoms with Gasteiger partial charge in [0.1, 0.15) is 10.6 Å². The van der Waals surface area contributed by atoms with Crippen LogP contribution in [0, 0.1) is 13.8 Å². The smallest absolute Gasteiger partial charge is 0.225 e. The molecule has 2 heterocycles. The molecule has 27 heavy (non-hydrogen) atoms. The number of halogens is 1. The molecule has 0 N–H and O–H groups in total. The Balaban J connectivity index is 2.15. The minimum atomic E-state index is 0.255. The van der Waals surface area contributed by atoms with Crippen molar-refractivity contribution in [2.45, 2.75) is 13.8 Å². The number of benzene rings is 1. The van der Waals surface area contributed by atoms with Gasteiger partial charge in [-0.25, -0.2) is 4.98 Å². The molecule has 144 valence electrons. The number of aromatic nitrogens is 2. The van der Waals surface area contributed by atoms with Crippen LogP contribution < -0.4 is 4.90 Å². The summed E-state index contributed by atoms with van der Waals surface area (Å²) in [4.78, 5) is 12.1. The highest BCUT2D eigenvalue weighted by Gasteiger charge is 2.19. The van der Waals surface area contributed by atoms with Crippen LogP contribution in [-0.4, -0.2) is 50.5 Å². The Morgan fingerprint density at radius 3 is 2.37 bits per heavy atom. The van der Waals surface area contributed by atoms with Crippen molar-refractivity contribution in [2.24, 2.45) is 0 Å². The van der Waals surface area contributed by atoms with Crippen molar-refractivity contribution in [3.05, 3.63) is 40.0 Å². The van der Waals surface area contributed by atoms with Gasteiger partial charge in [0.25, 0.3) is 0 Å². The van der Waals surface area contributed by atoms with Crippen molar-refractivity contribution in [2.75, 3.05) is 45.4 Å². The zero-order chi connectivity index (χ0) is 19.4. The number of thiophene rings is 1. The zero-order valence-corrected chi connectivity index (χ0v) is 17.7. The maximum Gasteiger partial charge on any atom is 0.225 e. The molecule has 0 radical (unpaired) electrons. The van der Waals surface area contributed by atoms with Gasteiger partial charge in [-0.1, -0.05) is 18.2 Å². The van der Waals surface area contributed by atoms with E-state index in [0.29, 0.717) is 26.3 Å². The lowest BCUT2D eigenvalue weighted by Gasteiger charge is -2.24. The van der Waals surface area contributed by atoms with Crippen LogP contribution in [-0.2, 0) is 9.47 Å². The molecule has 3 aromatic rings. The molecule has 0 saturated heterocycles. The Morgan fingerprint density at radius 1 is 1.04 bits per heavy atom. The number of nitrogens with zero attached hydrogens (tertiary/aromatic N) is 3. The Kier molecular flexibility index (Phi) is 6.65. The third-order valence-corrected chi connectivity index (χ3v) is 5.68. The Bertz CT molecular complexity index is 921. The molecule has 0 bridgehead atoms. The number of methoxy groups -OCH3 is 2. The lowest BCUT2D eigenvalue weighted by Crippen LogP contribution is -2.31. The van der Waals surface area contributed by atoms with E-state index in [1.165, 1.54) is 11.1 Å². The highest BCUT2D eigenvalue weighted by atomic mass is 35.5. The fraction of sp³-hybridized carbons (Fsp3) is 0.400. The molecule has 1 aromatic carbocycles. The van der Waals surface area contributed by atoms with Crippen LogP contribution in [0.1, 0.15) is 11.1 Å². The monoisotopic (exact) mass is 405 g/mol. The number of hydrogen-bond donors (Lipinski definition) is 0. The van der Waals surface area contributed by atoms with Gasteiger partial charge >= 0.3 is 0 Å². The first-order chi connectivity index (χ1) is 13.0. The standard InChI is InChI=1S/C20H24ClN3O2S/c1-13-5-6-15(11-14(13)2)16-12-27-19-17(16)18(22-20(21)23-19)24(7-9-25-3)8-10-26-4/h5-6,11-12H,7-10H2,1-4H3. The molecule has 0 fully saturated rings. The number of fused-ring (bicyclic) bond motifs is 1. The largest absolute Gasteiger partial charge is 0.383 e. The van der Waals surface area contributed by atoms with Crippen molar-refractivity contribution in [3.8, 4) is 11.1 Å². The van der Waals surface area contributed by atoms with Gasteiger partial charge < -0.3 is 14.4 Å². The molecule has 0 unspecified atom stereocenters. The summed E-state index contributed by atoms with van der Waals surface area (Å²) in [6.07, 6.45) is 0. The van der Waals surface area contributed by atoms with E-state index >= 15 is 0 Å². The minimum absolute atomic E-state index is 0.255. The van der Waals surface area contributed by atoms with E-state index in [2.05, 4.69) is 52.3 Å². The summed E-state index contributed by atoms with van der Waals surface area (Å²) in [6, 6.07) is 6.51. The number of ether oxygens (including phenoxy) is 2. The summed E-state index contributed by atoms with van der Waals surface area (Å²) >= 11 is 7.82.